The van der Waals surface area contributed by atoms with Gasteiger partial charge in [0.1, 0.15) is 5.78 Å². The lowest BCUT2D eigenvalue weighted by atomic mass is 9.95. The Bertz CT molecular complexity index is 560. The van der Waals surface area contributed by atoms with Crippen LogP contribution in [-0.2, 0) is 4.79 Å². The van der Waals surface area contributed by atoms with Crippen molar-refractivity contribution in [1.29, 1.82) is 0 Å². The highest BCUT2D eigenvalue weighted by Gasteiger charge is 2.08. The van der Waals surface area contributed by atoms with E-state index in [1.807, 2.05) is 19.1 Å². The van der Waals surface area contributed by atoms with Gasteiger partial charge in [-0.15, -0.1) is 0 Å². The highest BCUT2D eigenvalue weighted by Crippen LogP contribution is 2.23. The van der Waals surface area contributed by atoms with Crippen LogP contribution < -0.4 is 0 Å². The molecule has 1 heterocycles. The molecular weight excluding hydrogens is 210 g/mol. The fourth-order valence-electron chi connectivity index (χ4n) is 2.10. The Balaban J connectivity index is 2.37. The topological polar surface area (TPSA) is 30.0 Å². The number of hydrogen-bond donors (Lipinski definition) is 0. The SMILES string of the molecule is CC(=O)CC(C)c1ccc2nc(C)ccc2c1. The second kappa shape index (κ2) is 4.66. The van der Waals surface area contributed by atoms with Gasteiger partial charge in [-0.05, 0) is 43.5 Å². The van der Waals surface area contributed by atoms with Gasteiger partial charge < -0.3 is 4.79 Å². The maximum absolute atomic E-state index is 11.1. The highest BCUT2D eigenvalue weighted by molar-refractivity contribution is 5.80. The summed E-state index contributed by atoms with van der Waals surface area (Å²) in [5.41, 5.74) is 3.25. The van der Waals surface area contributed by atoms with E-state index in [9.17, 15) is 4.79 Å². The molecule has 88 valence electrons. The molecule has 0 aliphatic rings. The Labute approximate surface area is 102 Å². The largest absolute Gasteiger partial charge is 0.300 e. The van der Waals surface area contributed by atoms with Crippen molar-refractivity contribution in [2.24, 2.45) is 0 Å². The van der Waals surface area contributed by atoms with E-state index in [0.29, 0.717) is 6.42 Å². The molecule has 0 amide bonds. The summed E-state index contributed by atoms with van der Waals surface area (Å²) in [5, 5.41) is 1.14. The van der Waals surface area contributed by atoms with E-state index in [4.69, 9.17) is 0 Å². The fraction of sp³-hybridized carbons (Fsp3) is 0.333. The van der Waals surface area contributed by atoms with E-state index < -0.39 is 0 Å². The fourth-order valence-corrected chi connectivity index (χ4v) is 2.10. The average Bonchev–Trinajstić information content (AvgIpc) is 2.27. The van der Waals surface area contributed by atoms with E-state index in [-0.39, 0.29) is 11.7 Å². The molecule has 0 aliphatic carbocycles. The lowest BCUT2D eigenvalue weighted by Crippen LogP contribution is -2.00. The number of rotatable bonds is 3. The molecule has 0 radical (unpaired) electrons. The number of fused-ring (bicyclic) bond motifs is 1. The van der Waals surface area contributed by atoms with E-state index in [1.165, 1.54) is 5.56 Å². The summed E-state index contributed by atoms with van der Waals surface area (Å²) in [6, 6.07) is 10.3. The Kier molecular flexibility index (Phi) is 3.23. The first-order valence-electron chi connectivity index (χ1n) is 5.93. The van der Waals surface area contributed by atoms with Crippen molar-refractivity contribution in [2.75, 3.05) is 0 Å². The van der Waals surface area contributed by atoms with Crippen LogP contribution in [-0.4, -0.2) is 10.8 Å². The average molecular weight is 227 g/mol. The summed E-state index contributed by atoms with van der Waals surface area (Å²) in [4.78, 5) is 15.6. The van der Waals surface area contributed by atoms with E-state index in [2.05, 4.69) is 30.1 Å². The first-order chi connectivity index (χ1) is 8.06. The second-order valence-corrected chi connectivity index (χ2v) is 4.71. The van der Waals surface area contributed by atoms with Gasteiger partial charge in [0.2, 0.25) is 0 Å². The van der Waals surface area contributed by atoms with Crippen molar-refractivity contribution in [2.45, 2.75) is 33.1 Å². The van der Waals surface area contributed by atoms with Crippen LogP contribution in [0.4, 0.5) is 0 Å². The van der Waals surface area contributed by atoms with Gasteiger partial charge in [0.05, 0.1) is 5.52 Å². The third-order valence-electron chi connectivity index (χ3n) is 3.02. The summed E-state index contributed by atoms with van der Waals surface area (Å²) >= 11 is 0. The standard InChI is InChI=1S/C15H17NO/c1-10(8-12(3)17)13-6-7-15-14(9-13)5-4-11(2)16-15/h4-7,9-10H,8H2,1-3H3. The van der Waals surface area contributed by atoms with Crippen molar-refractivity contribution in [3.63, 3.8) is 0 Å². The molecular formula is C15H17NO. The number of aromatic nitrogens is 1. The molecule has 17 heavy (non-hydrogen) atoms. The second-order valence-electron chi connectivity index (χ2n) is 4.71. The predicted molar refractivity (Wildman–Crippen MR) is 70.2 cm³/mol. The van der Waals surface area contributed by atoms with Crippen LogP contribution in [0, 0.1) is 6.92 Å². The van der Waals surface area contributed by atoms with Gasteiger partial charge in [-0.2, -0.15) is 0 Å². The molecule has 1 atom stereocenters. The predicted octanol–water partition coefficient (Wildman–Crippen LogP) is 3.63. The zero-order valence-electron chi connectivity index (χ0n) is 10.5. The maximum atomic E-state index is 11.1. The Hall–Kier alpha value is -1.70. The minimum absolute atomic E-state index is 0.236. The summed E-state index contributed by atoms with van der Waals surface area (Å²) in [5.74, 6) is 0.512. The first kappa shape index (κ1) is 11.8. The lowest BCUT2D eigenvalue weighted by Gasteiger charge is -2.10. The molecule has 0 N–H and O–H groups in total. The number of nitrogens with zero attached hydrogens (tertiary/aromatic N) is 1. The molecule has 0 bridgehead atoms. The number of ketones is 1. The Morgan fingerprint density at radius 2 is 2.06 bits per heavy atom. The van der Waals surface area contributed by atoms with E-state index in [1.54, 1.807) is 6.92 Å². The number of Topliss-reactive ketones (excluding diaryl/α,β-unsaturated/α-hetero) is 1. The van der Waals surface area contributed by atoms with Crippen molar-refractivity contribution in [3.05, 3.63) is 41.6 Å². The van der Waals surface area contributed by atoms with Crippen LogP contribution in [0.15, 0.2) is 30.3 Å². The van der Waals surface area contributed by atoms with Crippen molar-refractivity contribution >= 4 is 16.7 Å². The Morgan fingerprint density at radius 3 is 2.76 bits per heavy atom. The van der Waals surface area contributed by atoms with Gasteiger partial charge in [-0.1, -0.05) is 19.1 Å². The molecule has 1 aromatic carbocycles. The molecule has 2 nitrogen and oxygen atoms in total. The number of hydrogen-bond acceptors (Lipinski definition) is 2. The monoisotopic (exact) mass is 227 g/mol. The smallest absolute Gasteiger partial charge is 0.130 e. The van der Waals surface area contributed by atoms with Crippen LogP contribution in [0.25, 0.3) is 10.9 Å². The summed E-state index contributed by atoms with van der Waals surface area (Å²) in [6.07, 6.45) is 0.602. The molecule has 0 saturated carbocycles. The summed E-state index contributed by atoms with van der Waals surface area (Å²) in [6.45, 7) is 5.72. The molecule has 0 saturated heterocycles. The van der Waals surface area contributed by atoms with Crippen molar-refractivity contribution < 1.29 is 4.79 Å². The van der Waals surface area contributed by atoms with E-state index in [0.717, 1.165) is 16.6 Å². The van der Waals surface area contributed by atoms with Crippen LogP contribution in [0.2, 0.25) is 0 Å². The molecule has 0 aliphatic heterocycles. The van der Waals surface area contributed by atoms with E-state index >= 15 is 0 Å². The van der Waals surface area contributed by atoms with Crippen LogP contribution >= 0.6 is 0 Å². The van der Waals surface area contributed by atoms with Crippen molar-refractivity contribution in [3.8, 4) is 0 Å². The number of carbonyl (C=O) groups is 1. The molecule has 2 heteroatoms. The van der Waals surface area contributed by atoms with Crippen LogP contribution in [0.3, 0.4) is 0 Å². The molecule has 1 aromatic heterocycles. The zero-order valence-corrected chi connectivity index (χ0v) is 10.5. The molecule has 2 aromatic rings. The highest BCUT2D eigenvalue weighted by atomic mass is 16.1. The quantitative estimate of drug-likeness (QED) is 0.801. The molecule has 2 rings (SSSR count). The van der Waals surface area contributed by atoms with Crippen molar-refractivity contribution in [1.82, 2.24) is 4.98 Å². The summed E-state index contributed by atoms with van der Waals surface area (Å²) < 4.78 is 0. The van der Waals surface area contributed by atoms with Gasteiger partial charge in [-0.25, -0.2) is 0 Å². The van der Waals surface area contributed by atoms with Gasteiger partial charge in [0, 0.05) is 17.5 Å². The lowest BCUT2D eigenvalue weighted by molar-refractivity contribution is -0.117. The van der Waals surface area contributed by atoms with Gasteiger partial charge in [-0.3, -0.25) is 4.98 Å². The minimum Gasteiger partial charge on any atom is -0.300 e. The van der Waals surface area contributed by atoms with Gasteiger partial charge >= 0.3 is 0 Å². The minimum atomic E-state index is 0.236. The summed E-state index contributed by atoms with van der Waals surface area (Å²) in [7, 11) is 0. The third-order valence-corrected chi connectivity index (χ3v) is 3.02. The zero-order chi connectivity index (χ0) is 12.4. The maximum Gasteiger partial charge on any atom is 0.130 e. The van der Waals surface area contributed by atoms with Gasteiger partial charge in [0.25, 0.3) is 0 Å². The number of pyridine rings is 1. The van der Waals surface area contributed by atoms with Crippen LogP contribution in [0.1, 0.15) is 37.4 Å². The molecule has 0 fully saturated rings. The third kappa shape index (κ3) is 2.70. The molecule has 0 spiro atoms. The number of carbonyl (C=O) groups excluding carboxylic acids is 1. The molecule has 1 unspecified atom stereocenters. The normalized spacial score (nSPS) is 12.6. The van der Waals surface area contributed by atoms with Gasteiger partial charge in [0.15, 0.2) is 0 Å². The number of aryl methyl sites for hydroxylation is 1. The Morgan fingerprint density at radius 1 is 1.29 bits per heavy atom. The first-order valence-corrected chi connectivity index (χ1v) is 5.93. The van der Waals surface area contributed by atoms with Crippen LogP contribution in [0.5, 0.6) is 0 Å². The number of benzene rings is 1.